The lowest BCUT2D eigenvalue weighted by Gasteiger charge is -2.23. The molecule has 0 radical (unpaired) electrons. The summed E-state index contributed by atoms with van der Waals surface area (Å²) in [6.07, 6.45) is 0. The van der Waals surface area contributed by atoms with Crippen LogP contribution >= 0.6 is 0 Å². The number of carbonyl (C=O) groups is 10. The zero-order valence-electron chi connectivity index (χ0n) is 30.4. The molecule has 0 fully saturated rings. The monoisotopic (exact) mass is 728 g/mol. The molecule has 21 nitrogen and oxygen atoms in total. The Bertz CT molecular complexity index is 1340. The highest BCUT2D eigenvalue weighted by Crippen LogP contribution is 1.96. The van der Waals surface area contributed by atoms with E-state index in [1.54, 1.807) is 0 Å². The second kappa shape index (κ2) is 21.0. The molecule has 0 aliphatic carbocycles. The van der Waals surface area contributed by atoms with Gasteiger partial charge in [0.1, 0.15) is 54.4 Å². The average Bonchev–Trinajstić information content (AvgIpc) is 3.03. The molecule has 0 aromatic heterocycles. The van der Waals surface area contributed by atoms with Gasteiger partial charge in [-0.05, 0) is 69.2 Å². The Morgan fingerprint density at radius 3 is 0.588 bits per heavy atom. The van der Waals surface area contributed by atoms with Crippen molar-refractivity contribution in [3.05, 3.63) is 0 Å². The molecule has 0 aliphatic rings. The number of nitrogens with two attached hydrogens (primary N) is 1. The number of amides is 9. The molecule has 0 rings (SSSR count). The number of nitrogens with one attached hydrogen (secondary N) is 9. The minimum absolute atomic E-state index is 0.562. The highest BCUT2D eigenvalue weighted by molar-refractivity contribution is 5.97. The van der Waals surface area contributed by atoms with Crippen LogP contribution in [-0.2, 0) is 47.9 Å². The topological polar surface area (TPSA) is 325 Å². The molecular weight excluding hydrogens is 676 g/mol. The Kier molecular flexibility index (Phi) is 18.8. The Balaban J connectivity index is 4.85. The molecule has 51 heavy (non-hydrogen) atoms. The van der Waals surface area contributed by atoms with Gasteiger partial charge in [-0.25, -0.2) is 0 Å². The van der Waals surface area contributed by atoms with Crippen molar-refractivity contribution in [2.24, 2.45) is 5.73 Å². The molecule has 0 saturated heterocycles. The van der Waals surface area contributed by atoms with Crippen molar-refractivity contribution in [2.75, 3.05) is 0 Å². The van der Waals surface area contributed by atoms with Gasteiger partial charge in [-0.3, -0.25) is 47.9 Å². The molecule has 0 spiro atoms. The summed E-state index contributed by atoms with van der Waals surface area (Å²) in [5.41, 5.74) is 5.45. The van der Waals surface area contributed by atoms with Crippen LogP contribution < -0.4 is 53.6 Å². The van der Waals surface area contributed by atoms with Gasteiger partial charge >= 0.3 is 5.97 Å². The van der Waals surface area contributed by atoms with Crippen molar-refractivity contribution in [3.8, 4) is 0 Å². The predicted octanol–water partition coefficient (Wildman–Crippen LogP) is -5.04. The van der Waals surface area contributed by atoms with Crippen LogP contribution in [0.15, 0.2) is 0 Å². The number of carboxylic acids is 1. The van der Waals surface area contributed by atoms with E-state index in [2.05, 4.69) is 47.9 Å². The SMILES string of the molecule is C[C@@H](N)C(=O)N[C@H](C)C(=O)N[C@H](C)C(=O)N[C@H](C)C(=O)N[C@H](C)C(=O)N[C@H](C)C(=O)N[C@H](C)C(=O)N[C@H](C)C(=O)N[C@H](C)C(=O)N[C@H](C)C(=O)O. The largest absolute Gasteiger partial charge is 0.480 e. The van der Waals surface area contributed by atoms with E-state index in [0.29, 0.717) is 0 Å². The Morgan fingerprint density at radius 2 is 0.451 bits per heavy atom. The number of aliphatic carboxylic acids is 1. The lowest BCUT2D eigenvalue weighted by Crippen LogP contribution is -2.58. The first-order valence-electron chi connectivity index (χ1n) is 16.1. The fourth-order valence-corrected chi connectivity index (χ4v) is 3.64. The van der Waals surface area contributed by atoms with E-state index in [4.69, 9.17) is 10.8 Å². The van der Waals surface area contributed by atoms with Crippen LogP contribution in [0.25, 0.3) is 0 Å². The van der Waals surface area contributed by atoms with Crippen molar-refractivity contribution in [1.29, 1.82) is 0 Å². The first kappa shape index (κ1) is 45.7. The van der Waals surface area contributed by atoms with Crippen LogP contribution in [0.2, 0.25) is 0 Å². The summed E-state index contributed by atoms with van der Waals surface area (Å²) in [5.74, 6) is -7.80. The number of carbonyl (C=O) groups excluding carboxylic acids is 9. The summed E-state index contributed by atoms with van der Waals surface area (Å²) in [6.45, 7) is 13.4. The molecule has 0 unspecified atom stereocenters. The lowest BCUT2D eigenvalue weighted by molar-refractivity contribution is -0.141. The molecule has 288 valence electrons. The molecule has 0 aromatic carbocycles. The molecule has 0 aromatic rings. The normalized spacial score (nSPS) is 16.6. The van der Waals surface area contributed by atoms with Crippen molar-refractivity contribution in [3.63, 3.8) is 0 Å². The first-order valence-corrected chi connectivity index (χ1v) is 16.1. The molecule has 12 N–H and O–H groups in total. The second-order valence-corrected chi connectivity index (χ2v) is 12.2. The lowest BCUT2D eigenvalue weighted by atomic mass is 10.2. The van der Waals surface area contributed by atoms with Crippen molar-refractivity contribution in [1.82, 2.24) is 47.9 Å². The van der Waals surface area contributed by atoms with E-state index in [0.717, 1.165) is 0 Å². The maximum absolute atomic E-state index is 12.7. The van der Waals surface area contributed by atoms with Crippen molar-refractivity contribution < 1.29 is 53.1 Å². The van der Waals surface area contributed by atoms with E-state index in [9.17, 15) is 47.9 Å². The third-order valence-corrected chi connectivity index (χ3v) is 7.16. The Morgan fingerprint density at radius 1 is 0.314 bits per heavy atom. The van der Waals surface area contributed by atoms with E-state index < -0.39 is 120 Å². The minimum Gasteiger partial charge on any atom is -0.480 e. The summed E-state index contributed by atoms with van der Waals surface area (Å²) in [7, 11) is 0. The first-order chi connectivity index (χ1) is 23.4. The fraction of sp³-hybridized carbons (Fsp3) is 0.667. The van der Waals surface area contributed by atoms with Gasteiger partial charge in [-0.15, -0.1) is 0 Å². The molecule has 0 heterocycles. The number of rotatable bonds is 19. The van der Waals surface area contributed by atoms with E-state index >= 15 is 0 Å². The number of hydrogen-bond donors (Lipinski definition) is 11. The summed E-state index contributed by atoms with van der Waals surface area (Å²) < 4.78 is 0. The second-order valence-electron chi connectivity index (χ2n) is 12.2. The Labute approximate surface area is 295 Å². The van der Waals surface area contributed by atoms with Crippen LogP contribution in [0.3, 0.4) is 0 Å². The predicted molar refractivity (Wildman–Crippen MR) is 180 cm³/mol. The maximum Gasteiger partial charge on any atom is 0.325 e. The standard InChI is InChI=1S/C30H52N10O11/c1-11(31)21(41)32-12(2)22(42)33-13(3)23(43)34-14(4)24(44)35-15(5)25(45)36-16(6)26(46)37-17(7)27(47)38-18(8)28(48)39-19(9)29(49)40-20(10)30(50)51/h11-20H,31H2,1-10H3,(H,32,41)(H,33,42)(H,34,43)(H,35,44)(H,36,45)(H,37,46)(H,38,47)(H,39,48)(H,40,49)(H,50,51)/t11-,12-,13-,14-,15-,16-,17-,18-,19-,20-/m1/s1. The maximum atomic E-state index is 12.7. The van der Waals surface area contributed by atoms with Crippen molar-refractivity contribution >= 4 is 59.1 Å². The molecule has 0 bridgehead atoms. The van der Waals surface area contributed by atoms with E-state index in [1.165, 1.54) is 69.2 Å². The summed E-state index contributed by atoms with van der Waals surface area (Å²) >= 11 is 0. The molecular formula is C30H52N10O11. The zero-order chi connectivity index (χ0) is 39.9. The average molecular weight is 729 g/mol. The zero-order valence-corrected chi connectivity index (χ0v) is 30.4. The smallest absolute Gasteiger partial charge is 0.325 e. The van der Waals surface area contributed by atoms with Gasteiger partial charge in [0.2, 0.25) is 53.2 Å². The van der Waals surface area contributed by atoms with Crippen LogP contribution in [-0.4, -0.2) is 125 Å². The van der Waals surface area contributed by atoms with Gasteiger partial charge in [-0.2, -0.15) is 0 Å². The van der Waals surface area contributed by atoms with Gasteiger partial charge in [0, 0.05) is 0 Å². The summed E-state index contributed by atoms with van der Waals surface area (Å²) in [6, 6.07) is -11.0. The molecule has 21 heteroatoms. The highest BCUT2D eigenvalue weighted by atomic mass is 16.4. The van der Waals surface area contributed by atoms with Crippen LogP contribution in [0.5, 0.6) is 0 Å². The van der Waals surface area contributed by atoms with Gasteiger partial charge < -0.3 is 58.7 Å². The minimum atomic E-state index is -1.27. The van der Waals surface area contributed by atoms with E-state index in [1.807, 2.05) is 0 Å². The van der Waals surface area contributed by atoms with Gasteiger partial charge in [0.05, 0.1) is 6.04 Å². The fourth-order valence-electron chi connectivity index (χ4n) is 3.64. The van der Waals surface area contributed by atoms with Gasteiger partial charge in [-0.1, -0.05) is 0 Å². The van der Waals surface area contributed by atoms with Gasteiger partial charge in [0.15, 0.2) is 0 Å². The van der Waals surface area contributed by atoms with Crippen LogP contribution in [0.1, 0.15) is 69.2 Å². The molecule has 9 amide bonds. The van der Waals surface area contributed by atoms with Crippen molar-refractivity contribution in [2.45, 2.75) is 130 Å². The van der Waals surface area contributed by atoms with Gasteiger partial charge in [0.25, 0.3) is 0 Å². The molecule has 10 atom stereocenters. The quantitative estimate of drug-likeness (QED) is 0.0596. The summed E-state index contributed by atoms with van der Waals surface area (Å²) in [4.78, 5) is 122. The number of carboxylic acid groups (broad SMARTS) is 1. The molecule has 0 aliphatic heterocycles. The van der Waals surface area contributed by atoms with E-state index in [-0.39, 0.29) is 0 Å². The third-order valence-electron chi connectivity index (χ3n) is 7.16. The third kappa shape index (κ3) is 16.3. The van der Waals surface area contributed by atoms with Crippen LogP contribution in [0, 0.1) is 0 Å². The Hall–Kier alpha value is -5.34. The number of hydrogen-bond acceptors (Lipinski definition) is 11. The van der Waals surface area contributed by atoms with Crippen LogP contribution in [0.4, 0.5) is 0 Å². The molecule has 0 saturated carbocycles. The highest BCUT2D eigenvalue weighted by Gasteiger charge is 2.29. The summed E-state index contributed by atoms with van der Waals surface area (Å²) in [5, 5.41) is 30.1.